The van der Waals surface area contributed by atoms with Crippen LogP contribution in [0.3, 0.4) is 0 Å². The van der Waals surface area contributed by atoms with Gasteiger partial charge in [0.25, 0.3) is 11.1 Å². The van der Waals surface area contributed by atoms with Crippen LogP contribution in [-0.4, -0.2) is 19.1 Å². The zero-order valence-corrected chi connectivity index (χ0v) is 29.7. The van der Waals surface area contributed by atoms with Crippen LogP contribution in [0.5, 0.6) is 0 Å². The van der Waals surface area contributed by atoms with Crippen molar-refractivity contribution < 1.29 is 0 Å². The van der Waals surface area contributed by atoms with Crippen molar-refractivity contribution >= 4 is 0 Å². The maximum absolute atomic E-state index is 13.1. The van der Waals surface area contributed by atoms with Gasteiger partial charge in [-0.1, -0.05) is 137 Å². The summed E-state index contributed by atoms with van der Waals surface area (Å²) in [7, 11) is 0. The highest BCUT2D eigenvalue weighted by Crippen LogP contribution is 2.61. The van der Waals surface area contributed by atoms with E-state index in [4.69, 9.17) is 0 Å². The number of nitrogens with zero attached hydrogens (tertiary/aromatic N) is 2. The number of hydrogen-bond acceptors (Lipinski definition) is 4. The van der Waals surface area contributed by atoms with E-state index in [0.29, 0.717) is 24.5 Å². The van der Waals surface area contributed by atoms with E-state index in [2.05, 4.69) is 83.9 Å². The average Bonchev–Trinajstić information content (AvgIpc) is 3.15. The van der Waals surface area contributed by atoms with Gasteiger partial charge in [0.05, 0.1) is 0 Å². The molecule has 0 unspecified atom stereocenters. The monoisotopic (exact) mass is 690 g/mol. The SMILES string of the molecule is CCCCCCn1c(C#CC23c4ccccc4C(C#Cc4cc(=O)[nH]c(=O)n4CCCCCC)(c4ccccc42)c2ccccc23)cc(=O)[nH]c1=O. The second-order valence-electron chi connectivity index (χ2n) is 13.7. The molecule has 2 N–H and O–H groups in total. The minimum Gasteiger partial charge on any atom is -0.286 e. The lowest BCUT2D eigenvalue weighted by atomic mass is 9.47. The zero-order valence-electron chi connectivity index (χ0n) is 29.7. The predicted octanol–water partition coefficient (Wildman–Crippen LogP) is 5.95. The first kappa shape index (κ1) is 34.6. The quantitative estimate of drug-likeness (QED) is 0.140. The summed E-state index contributed by atoms with van der Waals surface area (Å²) in [6.45, 7) is 5.20. The summed E-state index contributed by atoms with van der Waals surface area (Å²) >= 11 is 0. The number of rotatable bonds is 10. The summed E-state index contributed by atoms with van der Waals surface area (Å²) in [4.78, 5) is 56.3. The van der Waals surface area contributed by atoms with Gasteiger partial charge in [-0.15, -0.1) is 0 Å². The Balaban J connectivity index is 1.46. The second kappa shape index (κ2) is 14.4. The van der Waals surface area contributed by atoms with Crippen molar-refractivity contribution in [2.24, 2.45) is 0 Å². The normalized spacial score (nSPS) is 17.6. The number of aromatic nitrogens is 4. The Morgan fingerprint density at radius 2 is 0.827 bits per heavy atom. The van der Waals surface area contributed by atoms with Gasteiger partial charge in [-0.25, -0.2) is 9.59 Å². The molecular formula is C44H42N4O4. The van der Waals surface area contributed by atoms with Crippen LogP contribution in [0.1, 0.15) is 110 Å². The molecule has 3 aliphatic rings. The molecule has 0 atom stereocenters. The van der Waals surface area contributed by atoms with Crippen LogP contribution in [0.4, 0.5) is 0 Å². The molecule has 8 nitrogen and oxygen atoms in total. The Hall–Kier alpha value is -5.86. The van der Waals surface area contributed by atoms with E-state index >= 15 is 0 Å². The topological polar surface area (TPSA) is 110 Å². The molecule has 0 saturated carbocycles. The smallest absolute Gasteiger partial charge is 0.286 e. The van der Waals surface area contributed by atoms with Crippen LogP contribution in [-0.2, 0) is 23.9 Å². The highest BCUT2D eigenvalue weighted by Gasteiger charge is 2.57. The van der Waals surface area contributed by atoms with Crippen LogP contribution in [0.25, 0.3) is 0 Å². The fraction of sp³-hybridized carbons (Fsp3) is 0.318. The van der Waals surface area contributed by atoms with Crippen molar-refractivity contribution in [2.75, 3.05) is 0 Å². The first-order valence-corrected chi connectivity index (χ1v) is 18.4. The summed E-state index contributed by atoms with van der Waals surface area (Å²) in [6, 6.07) is 27.3. The molecular weight excluding hydrogens is 649 g/mol. The van der Waals surface area contributed by atoms with E-state index in [1.54, 1.807) is 9.13 Å². The molecule has 2 heterocycles. The van der Waals surface area contributed by atoms with Crippen molar-refractivity contribution in [3.05, 3.63) is 171 Å². The molecule has 2 bridgehead atoms. The molecule has 0 spiro atoms. The molecule has 5 aromatic rings. The van der Waals surface area contributed by atoms with Gasteiger partial charge in [0, 0.05) is 25.2 Å². The fourth-order valence-electron chi connectivity index (χ4n) is 8.09. The molecule has 0 fully saturated rings. The summed E-state index contributed by atoms with van der Waals surface area (Å²) in [6.07, 6.45) is 7.82. The largest absolute Gasteiger partial charge is 0.329 e. The van der Waals surface area contributed by atoms with E-state index in [1.165, 1.54) is 12.1 Å². The highest BCUT2D eigenvalue weighted by atomic mass is 16.2. The summed E-state index contributed by atoms with van der Waals surface area (Å²) < 4.78 is 3.16. The Bertz CT molecular complexity index is 2240. The lowest BCUT2D eigenvalue weighted by molar-refractivity contribution is 0.555. The third kappa shape index (κ3) is 5.79. The third-order valence-corrected chi connectivity index (χ3v) is 10.5. The van der Waals surface area contributed by atoms with Crippen LogP contribution >= 0.6 is 0 Å². The Morgan fingerprint density at radius 1 is 0.500 bits per heavy atom. The minimum atomic E-state index is -0.940. The number of benzene rings is 3. The van der Waals surface area contributed by atoms with Crippen molar-refractivity contribution in [3.63, 3.8) is 0 Å². The molecule has 3 aliphatic carbocycles. The van der Waals surface area contributed by atoms with Crippen molar-refractivity contribution in [3.8, 4) is 23.7 Å². The van der Waals surface area contributed by atoms with Crippen LogP contribution in [0.15, 0.2) is 104 Å². The molecule has 0 aliphatic heterocycles. The minimum absolute atomic E-state index is 0.375. The van der Waals surface area contributed by atoms with Crippen molar-refractivity contribution in [2.45, 2.75) is 89.1 Å². The summed E-state index contributed by atoms with van der Waals surface area (Å²) in [5, 5.41) is 0. The average molecular weight is 691 g/mol. The second-order valence-corrected chi connectivity index (χ2v) is 13.7. The molecule has 3 aromatic carbocycles. The van der Waals surface area contributed by atoms with Gasteiger partial charge >= 0.3 is 11.4 Å². The van der Waals surface area contributed by atoms with E-state index in [-0.39, 0.29) is 0 Å². The number of nitrogens with one attached hydrogen (secondary N) is 2. The van der Waals surface area contributed by atoms with Crippen molar-refractivity contribution in [1.29, 1.82) is 0 Å². The number of unbranched alkanes of at least 4 members (excludes halogenated alkanes) is 6. The maximum atomic E-state index is 13.1. The number of aromatic amines is 2. The molecule has 0 amide bonds. The lowest BCUT2D eigenvalue weighted by Gasteiger charge is -2.52. The Morgan fingerprint density at radius 3 is 1.13 bits per heavy atom. The predicted molar refractivity (Wildman–Crippen MR) is 204 cm³/mol. The molecule has 8 heteroatoms. The number of hydrogen-bond donors (Lipinski definition) is 2. The first-order chi connectivity index (χ1) is 25.3. The molecule has 262 valence electrons. The van der Waals surface area contributed by atoms with Gasteiger partial charge < -0.3 is 0 Å². The standard InChI is InChI=1S/C44H42N4O4/c1-3-5-7-15-27-47-31(29-39(49)45-41(47)51)23-25-43-33-17-9-12-20-36(33)44(37-21-13-10-18-34(37)43,38-22-14-11-19-35(38)43)26-24-32-30-40(50)46-42(52)48(32)28-16-8-6-4-2/h9-14,17-22,29-30H,3-8,15-16,27-28H2,1-2H3,(H,45,49,51)(H,46,50,52). The molecule has 0 radical (unpaired) electrons. The fourth-order valence-corrected chi connectivity index (χ4v) is 8.09. The van der Waals surface area contributed by atoms with Gasteiger partial charge in [-0.2, -0.15) is 0 Å². The van der Waals surface area contributed by atoms with E-state index in [1.807, 2.05) is 36.4 Å². The van der Waals surface area contributed by atoms with Crippen LogP contribution in [0, 0.1) is 23.7 Å². The van der Waals surface area contributed by atoms with Gasteiger partial charge in [0.15, 0.2) is 0 Å². The Kier molecular flexibility index (Phi) is 9.58. The molecule has 8 rings (SSSR count). The van der Waals surface area contributed by atoms with E-state index in [9.17, 15) is 19.2 Å². The third-order valence-electron chi connectivity index (χ3n) is 10.5. The van der Waals surface area contributed by atoms with Gasteiger partial charge in [-0.05, 0) is 58.1 Å². The van der Waals surface area contributed by atoms with Gasteiger partial charge in [-0.3, -0.25) is 28.7 Å². The van der Waals surface area contributed by atoms with Crippen molar-refractivity contribution in [1.82, 2.24) is 19.1 Å². The molecule has 0 saturated heterocycles. The summed E-state index contributed by atoms with van der Waals surface area (Å²) in [5.74, 6) is 14.0. The van der Waals surface area contributed by atoms with Crippen LogP contribution in [0.2, 0.25) is 0 Å². The highest BCUT2D eigenvalue weighted by molar-refractivity contribution is 5.81. The van der Waals surface area contributed by atoms with Gasteiger partial charge in [0.2, 0.25) is 0 Å². The lowest BCUT2D eigenvalue weighted by Crippen LogP contribution is -2.49. The molecule has 2 aromatic heterocycles. The Labute approximate surface area is 302 Å². The molecule has 52 heavy (non-hydrogen) atoms. The zero-order chi connectivity index (χ0) is 36.3. The van der Waals surface area contributed by atoms with E-state index < -0.39 is 33.3 Å². The van der Waals surface area contributed by atoms with Gasteiger partial charge in [0.1, 0.15) is 22.2 Å². The maximum Gasteiger partial charge on any atom is 0.329 e. The van der Waals surface area contributed by atoms with Crippen LogP contribution < -0.4 is 22.5 Å². The van der Waals surface area contributed by atoms with E-state index in [0.717, 1.165) is 84.7 Å². The number of H-pyrrole nitrogens is 2. The first-order valence-electron chi connectivity index (χ1n) is 18.4. The summed E-state index contributed by atoms with van der Waals surface area (Å²) in [5.41, 5.74) is 2.72.